The second-order valence-electron chi connectivity index (χ2n) is 13.7. The number of hydrogen-bond donors (Lipinski definition) is 4. The zero-order chi connectivity index (χ0) is 36.4. The summed E-state index contributed by atoms with van der Waals surface area (Å²) < 4.78 is 6.36. The number of ether oxygens (including phenoxy) is 1. The molecule has 0 aliphatic carbocycles. The van der Waals surface area contributed by atoms with E-state index in [9.17, 15) is 24.6 Å². The van der Waals surface area contributed by atoms with E-state index in [2.05, 4.69) is 10.6 Å². The zero-order valence-electron chi connectivity index (χ0n) is 29.8. The number of aliphatic hydroxyl groups is 1. The number of nitrogens with one attached hydrogen (secondary N) is 2. The van der Waals surface area contributed by atoms with Gasteiger partial charge in [0.05, 0.1) is 23.8 Å². The quantitative estimate of drug-likeness (QED) is 0.120. The van der Waals surface area contributed by atoms with E-state index in [-0.39, 0.29) is 37.1 Å². The van der Waals surface area contributed by atoms with Gasteiger partial charge in [0.25, 0.3) is 11.8 Å². The van der Waals surface area contributed by atoms with E-state index in [0.717, 1.165) is 11.1 Å². The molecule has 0 aliphatic rings. The maximum absolute atomic E-state index is 13.5. The van der Waals surface area contributed by atoms with Gasteiger partial charge in [-0.05, 0) is 76.8 Å². The number of rotatable bonds is 14. The van der Waals surface area contributed by atoms with Crippen molar-refractivity contribution in [2.75, 3.05) is 6.54 Å². The normalized spacial score (nSPS) is 13.1. The van der Waals surface area contributed by atoms with Gasteiger partial charge >= 0.3 is 0 Å². The van der Waals surface area contributed by atoms with Crippen LogP contribution < -0.4 is 15.4 Å². The van der Waals surface area contributed by atoms with Gasteiger partial charge in [0, 0.05) is 35.7 Å². The Labute approximate surface area is 295 Å². The van der Waals surface area contributed by atoms with Crippen LogP contribution in [-0.2, 0) is 17.8 Å². The molecule has 3 atom stereocenters. The van der Waals surface area contributed by atoms with E-state index in [1.807, 2.05) is 94.4 Å². The molecule has 0 heterocycles. The van der Waals surface area contributed by atoms with Crippen molar-refractivity contribution in [2.45, 2.75) is 84.7 Å². The topological polar surface area (TPSA) is 128 Å². The van der Waals surface area contributed by atoms with Crippen molar-refractivity contribution in [1.29, 1.82) is 0 Å². The highest BCUT2D eigenvalue weighted by Gasteiger charge is 2.29. The SMILES string of the molecule is CC(=O)N(CCC(O)C(Cc1ccccc1)NC(=O)c1cccc(O)c1C)C(C)c1cccc(C(=O)NC(C)(C)C)c1OCc1ccccc1. The molecule has 50 heavy (non-hydrogen) atoms. The van der Waals surface area contributed by atoms with E-state index in [1.54, 1.807) is 36.1 Å². The van der Waals surface area contributed by atoms with Gasteiger partial charge in [-0.15, -0.1) is 0 Å². The van der Waals surface area contributed by atoms with Crippen LogP contribution >= 0.6 is 0 Å². The molecule has 0 radical (unpaired) electrons. The molecule has 0 bridgehead atoms. The molecule has 9 nitrogen and oxygen atoms in total. The summed E-state index contributed by atoms with van der Waals surface area (Å²) in [6, 6.07) is 28.1. The molecular formula is C41H49N3O6. The third-order valence-electron chi connectivity index (χ3n) is 8.62. The number of phenols is 1. The highest BCUT2D eigenvalue weighted by atomic mass is 16.5. The average molecular weight is 680 g/mol. The highest BCUT2D eigenvalue weighted by Crippen LogP contribution is 2.34. The summed E-state index contributed by atoms with van der Waals surface area (Å²) in [5, 5.41) is 27.8. The van der Waals surface area contributed by atoms with Crippen LogP contribution in [0.5, 0.6) is 11.5 Å². The molecule has 4 aromatic carbocycles. The lowest BCUT2D eigenvalue weighted by atomic mass is 9.97. The van der Waals surface area contributed by atoms with E-state index >= 15 is 0 Å². The Balaban J connectivity index is 1.60. The third-order valence-corrected chi connectivity index (χ3v) is 8.62. The van der Waals surface area contributed by atoms with Crippen LogP contribution in [0.1, 0.15) is 90.1 Å². The van der Waals surface area contributed by atoms with E-state index < -0.39 is 29.6 Å². The zero-order valence-corrected chi connectivity index (χ0v) is 29.8. The molecule has 0 aromatic heterocycles. The Kier molecular flexibility index (Phi) is 12.8. The fourth-order valence-electron chi connectivity index (χ4n) is 5.89. The maximum Gasteiger partial charge on any atom is 0.255 e. The Morgan fingerprint density at radius 1 is 0.820 bits per heavy atom. The molecule has 4 rings (SSSR count). The second-order valence-corrected chi connectivity index (χ2v) is 13.7. The fourth-order valence-corrected chi connectivity index (χ4v) is 5.89. The maximum atomic E-state index is 13.5. The summed E-state index contributed by atoms with van der Waals surface area (Å²) in [5.74, 6) is -0.534. The Bertz CT molecular complexity index is 1750. The van der Waals surface area contributed by atoms with E-state index in [4.69, 9.17) is 4.74 Å². The monoisotopic (exact) mass is 679 g/mol. The van der Waals surface area contributed by atoms with Crippen LogP contribution in [0, 0.1) is 6.92 Å². The number of para-hydroxylation sites is 1. The Hall–Kier alpha value is -5.15. The minimum Gasteiger partial charge on any atom is -0.508 e. The summed E-state index contributed by atoms with van der Waals surface area (Å²) in [5.41, 5.74) is 3.13. The Morgan fingerprint density at radius 3 is 2.04 bits per heavy atom. The molecular weight excluding hydrogens is 630 g/mol. The first-order valence-electron chi connectivity index (χ1n) is 17.0. The van der Waals surface area contributed by atoms with Gasteiger partial charge < -0.3 is 30.5 Å². The number of carbonyl (C=O) groups is 3. The van der Waals surface area contributed by atoms with Crippen LogP contribution in [-0.4, -0.2) is 57.1 Å². The van der Waals surface area contributed by atoms with Crippen molar-refractivity contribution in [3.63, 3.8) is 0 Å². The van der Waals surface area contributed by atoms with Crippen molar-refractivity contribution >= 4 is 17.7 Å². The van der Waals surface area contributed by atoms with Crippen LogP contribution in [0.2, 0.25) is 0 Å². The minimum atomic E-state index is -1.02. The molecule has 3 amide bonds. The van der Waals surface area contributed by atoms with Gasteiger partial charge in [-0.3, -0.25) is 14.4 Å². The molecule has 0 aliphatic heterocycles. The lowest BCUT2D eigenvalue weighted by molar-refractivity contribution is -0.131. The molecule has 4 N–H and O–H groups in total. The fraction of sp³-hybridized carbons (Fsp3) is 0.341. The number of amides is 3. The van der Waals surface area contributed by atoms with Crippen LogP contribution in [0.15, 0.2) is 97.1 Å². The number of benzene rings is 4. The minimum absolute atomic E-state index is 0.0102. The summed E-state index contributed by atoms with van der Waals surface area (Å²) in [7, 11) is 0. The second kappa shape index (κ2) is 17.0. The van der Waals surface area contributed by atoms with Crippen molar-refractivity contribution in [1.82, 2.24) is 15.5 Å². The van der Waals surface area contributed by atoms with Crippen LogP contribution in [0.25, 0.3) is 0 Å². The number of aromatic hydroxyl groups is 1. The number of aliphatic hydroxyl groups excluding tert-OH is 1. The number of hydrogen-bond acceptors (Lipinski definition) is 6. The number of nitrogens with zero attached hydrogens (tertiary/aromatic N) is 1. The number of phenolic OH excluding ortho intramolecular Hbond substituents is 1. The standard InChI is InChI=1S/C41H49N3O6/c1-27-32(19-14-22-36(27)46)39(48)42-35(25-30-15-9-7-10-16-30)37(47)23-24-44(29(3)45)28(2)33-20-13-21-34(40(49)43-41(4,5)6)38(33)50-26-31-17-11-8-12-18-31/h7-22,28,35,37,46-47H,23-26H2,1-6H3,(H,42,48)(H,43,49). The molecule has 0 spiro atoms. The first kappa shape index (κ1) is 37.7. The smallest absolute Gasteiger partial charge is 0.255 e. The van der Waals surface area contributed by atoms with Gasteiger partial charge in [-0.1, -0.05) is 78.9 Å². The summed E-state index contributed by atoms with van der Waals surface area (Å²) in [6.45, 7) is 11.1. The summed E-state index contributed by atoms with van der Waals surface area (Å²) in [4.78, 5) is 41.7. The van der Waals surface area contributed by atoms with E-state index in [0.29, 0.717) is 34.4 Å². The molecule has 3 unspecified atom stereocenters. The number of carbonyl (C=O) groups excluding carboxylic acids is 3. The summed E-state index contributed by atoms with van der Waals surface area (Å²) >= 11 is 0. The first-order valence-corrected chi connectivity index (χ1v) is 17.0. The van der Waals surface area contributed by atoms with Crippen molar-refractivity contribution in [3.8, 4) is 11.5 Å². The van der Waals surface area contributed by atoms with Gasteiger partial charge in [-0.2, -0.15) is 0 Å². The predicted molar refractivity (Wildman–Crippen MR) is 195 cm³/mol. The average Bonchev–Trinajstić information content (AvgIpc) is 3.08. The molecule has 264 valence electrons. The van der Waals surface area contributed by atoms with Gasteiger partial charge in [0.15, 0.2) is 0 Å². The molecule has 0 saturated carbocycles. The van der Waals surface area contributed by atoms with Gasteiger partial charge in [0.2, 0.25) is 5.91 Å². The van der Waals surface area contributed by atoms with E-state index in [1.165, 1.54) is 13.0 Å². The lowest BCUT2D eigenvalue weighted by Crippen LogP contribution is -2.46. The lowest BCUT2D eigenvalue weighted by Gasteiger charge is -2.32. The largest absolute Gasteiger partial charge is 0.508 e. The van der Waals surface area contributed by atoms with Crippen molar-refractivity contribution in [3.05, 3.63) is 130 Å². The molecule has 0 saturated heterocycles. The van der Waals surface area contributed by atoms with Gasteiger partial charge in [-0.25, -0.2) is 0 Å². The predicted octanol–water partition coefficient (Wildman–Crippen LogP) is 6.51. The molecule has 4 aromatic rings. The summed E-state index contributed by atoms with van der Waals surface area (Å²) in [6.07, 6.45) is -0.516. The highest BCUT2D eigenvalue weighted by molar-refractivity contribution is 5.98. The molecule has 0 fully saturated rings. The first-order chi connectivity index (χ1) is 23.7. The molecule has 9 heteroatoms. The van der Waals surface area contributed by atoms with Crippen LogP contribution in [0.3, 0.4) is 0 Å². The third kappa shape index (κ3) is 10.2. The van der Waals surface area contributed by atoms with Crippen molar-refractivity contribution in [2.24, 2.45) is 0 Å². The van der Waals surface area contributed by atoms with Crippen LogP contribution in [0.4, 0.5) is 0 Å². The van der Waals surface area contributed by atoms with Crippen molar-refractivity contribution < 1.29 is 29.3 Å². The van der Waals surface area contributed by atoms with Gasteiger partial charge in [0.1, 0.15) is 18.1 Å². The Morgan fingerprint density at radius 2 is 1.42 bits per heavy atom.